The van der Waals surface area contributed by atoms with Crippen LogP contribution >= 0.6 is 11.3 Å². The third-order valence-electron chi connectivity index (χ3n) is 2.57. The average Bonchev–Trinajstić information content (AvgIpc) is 2.93. The average molecular weight is 290 g/mol. The number of rotatable bonds is 3. The van der Waals surface area contributed by atoms with Crippen LogP contribution in [-0.2, 0) is 0 Å². The molecular formula is C12H6N2O5S. The second kappa shape index (κ2) is 4.99. The van der Waals surface area contributed by atoms with Gasteiger partial charge in [0.25, 0.3) is 0 Å². The molecule has 20 heavy (non-hydrogen) atoms. The molecule has 0 saturated heterocycles. The van der Waals surface area contributed by atoms with Crippen LogP contribution in [0.2, 0.25) is 0 Å². The Bertz CT molecular complexity index is 746. The minimum Gasteiger partial charge on any atom is -0.504 e. The van der Waals surface area contributed by atoms with E-state index in [1.807, 2.05) is 0 Å². The fourth-order valence-corrected chi connectivity index (χ4v) is 2.31. The number of hydrogen-bond donors (Lipinski definition) is 2. The Hall–Kier alpha value is -2.92. The van der Waals surface area contributed by atoms with Crippen molar-refractivity contribution in [1.82, 2.24) is 0 Å². The predicted molar refractivity (Wildman–Crippen MR) is 68.9 cm³/mol. The van der Waals surface area contributed by atoms with Gasteiger partial charge in [-0.2, -0.15) is 16.6 Å². The number of nitriles is 1. The number of nitro groups is 1. The zero-order valence-electron chi connectivity index (χ0n) is 9.73. The molecule has 1 aromatic heterocycles. The number of phenols is 2. The number of nitrogens with zero attached hydrogens (tertiary/aromatic N) is 2. The molecule has 0 amide bonds. The summed E-state index contributed by atoms with van der Waals surface area (Å²) in [6.07, 6.45) is 0. The number of phenolic OH excluding ortho intramolecular Hbond substituents is 2. The van der Waals surface area contributed by atoms with Gasteiger partial charge in [-0.25, -0.2) is 0 Å². The lowest BCUT2D eigenvalue weighted by molar-refractivity contribution is -0.386. The number of benzene rings is 1. The van der Waals surface area contributed by atoms with E-state index < -0.39 is 33.5 Å². The summed E-state index contributed by atoms with van der Waals surface area (Å²) >= 11 is 1.21. The molecule has 7 nitrogen and oxygen atoms in total. The highest BCUT2D eigenvalue weighted by molar-refractivity contribution is 7.08. The van der Waals surface area contributed by atoms with E-state index in [2.05, 4.69) is 0 Å². The summed E-state index contributed by atoms with van der Waals surface area (Å²) < 4.78 is 0. The van der Waals surface area contributed by atoms with E-state index in [1.54, 1.807) is 11.4 Å². The Kier molecular flexibility index (Phi) is 3.37. The van der Waals surface area contributed by atoms with E-state index in [4.69, 9.17) is 5.26 Å². The van der Waals surface area contributed by atoms with Gasteiger partial charge in [-0.3, -0.25) is 14.9 Å². The van der Waals surface area contributed by atoms with Crippen molar-refractivity contribution in [3.63, 3.8) is 0 Å². The SMILES string of the molecule is N#Cc1cc(O)c(O)c([N+](=O)[O-])c1C(=O)c1ccsc1. The van der Waals surface area contributed by atoms with E-state index in [9.17, 15) is 25.1 Å². The molecule has 0 aliphatic rings. The van der Waals surface area contributed by atoms with Gasteiger partial charge in [0.15, 0.2) is 5.75 Å². The molecule has 0 bridgehead atoms. The fraction of sp³-hybridized carbons (Fsp3) is 0. The second-order valence-electron chi connectivity index (χ2n) is 3.73. The highest BCUT2D eigenvalue weighted by Crippen LogP contribution is 2.40. The van der Waals surface area contributed by atoms with Gasteiger partial charge < -0.3 is 10.2 Å². The second-order valence-corrected chi connectivity index (χ2v) is 4.51. The van der Waals surface area contributed by atoms with Crippen molar-refractivity contribution >= 4 is 22.8 Å². The van der Waals surface area contributed by atoms with Crippen molar-refractivity contribution < 1.29 is 19.9 Å². The first kappa shape index (κ1) is 13.5. The first-order valence-electron chi connectivity index (χ1n) is 5.17. The quantitative estimate of drug-likeness (QED) is 0.386. The molecule has 2 N–H and O–H groups in total. The van der Waals surface area contributed by atoms with Gasteiger partial charge in [-0.15, -0.1) is 0 Å². The highest BCUT2D eigenvalue weighted by atomic mass is 32.1. The highest BCUT2D eigenvalue weighted by Gasteiger charge is 2.32. The van der Waals surface area contributed by atoms with Crippen LogP contribution in [0.1, 0.15) is 21.5 Å². The van der Waals surface area contributed by atoms with Gasteiger partial charge in [-0.05, 0) is 11.4 Å². The van der Waals surface area contributed by atoms with Crippen LogP contribution in [0.5, 0.6) is 11.5 Å². The number of carbonyl (C=O) groups excluding carboxylic acids is 1. The van der Waals surface area contributed by atoms with Gasteiger partial charge >= 0.3 is 5.69 Å². The number of carbonyl (C=O) groups is 1. The van der Waals surface area contributed by atoms with Crippen molar-refractivity contribution in [3.05, 3.63) is 49.7 Å². The summed E-state index contributed by atoms with van der Waals surface area (Å²) in [4.78, 5) is 22.2. The molecule has 0 atom stereocenters. The first-order chi connectivity index (χ1) is 9.47. The maximum Gasteiger partial charge on any atom is 0.327 e. The molecule has 1 heterocycles. The Labute approximate surface area is 116 Å². The molecule has 0 aliphatic heterocycles. The minimum atomic E-state index is -1.03. The lowest BCUT2D eigenvalue weighted by atomic mass is 9.97. The summed E-state index contributed by atoms with van der Waals surface area (Å²) in [7, 11) is 0. The zero-order valence-corrected chi connectivity index (χ0v) is 10.5. The molecule has 0 unspecified atom stereocenters. The van der Waals surface area contributed by atoms with Gasteiger partial charge in [0.1, 0.15) is 11.6 Å². The van der Waals surface area contributed by atoms with Crippen LogP contribution in [0.25, 0.3) is 0 Å². The summed E-state index contributed by atoms with van der Waals surface area (Å²) in [6.45, 7) is 0. The van der Waals surface area contributed by atoms with Crippen molar-refractivity contribution in [1.29, 1.82) is 5.26 Å². The molecule has 100 valence electrons. The van der Waals surface area contributed by atoms with Crippen LogP contribution in [0.15, 0.2) is 22.9 Å². The van der Waals surface area contributed by atoms with Crippen molar-refractivity contribution in [2.24, 2.45) is 0 Å². The molecule has 0 radical (unpaired) electrons. The molecule has 0 aliphatic carbocycles. The molecule has 2 rings (SSSR count). The molecule has 8 heteroatoms. The lowest BCUT2D eigenvalue weighted by Crippen LogP contribution is -2.07. The maximum atomic E-state index is 12.2. The van der Waals surface area contributed by atoms with E-state index in [0.717, 1.165) is 6.07 Å². The largest absolute Gasteiger partial charge is 0.504 e. The summed E-state index contributed by atoms with van der Waals surface area (Å²) in [5.74, 6) is -2.62. The molecule has 2 aromatic rings. The number of thiophene rings is 1. The Balaban J connectivity index is 2.80. The van der Waals surface area contributed by atoms with E-state index in [0.29, 0.717) is 0 Å². The molecular weight excluding hydrogens is 284 g/mol. The minimum absolute atomic E-state index is 0.166. The van der Waals surface area contributed by atoms with Crippen LogP contribution in [0, 0.1) is 21.4 Å². The van der Waals surface area contributed by atoms with Crippen LogP contribution < -0.4 is 0 Å². The van der Waals surface area contributed by atoms with Crippen molar-refractivity contribution in [3.8, 4) is 17.6 Å². The molecule has 0 spiro atoms. The first-order valence-corrected chi connectivity index (χ1v) is 6.12. The summed E-state index contributed by atoms with van der Waals surface area (Å²) in [6, 6.07) is 3.88. The topological polar surface area (TPSA) is 124 Å². The Morgan fingerprint density at radius 2 is 2.15 bits per heavy atom. The van der Waals surface area contributed by atoms with Gasteiger partial charge in [0.05, 0.1) is 10.5 Å². The Morgan fingerprint density at radius 3 is 2.65 bits per heavy atom. The Morgan fingerprint density at radius 1 is 1.45 bits per heavy atom. The number of aromatic hydroxyl groups is 2. The normalized spacial score (nSPS) is 9.95. The summed E-state index contributed by atoms with van der Waals surface area (Å²) in [5.41, 5.74) is -1.72. The number of hydrogen-bond acceptors (Lipinski definition) is 7. The van der Waals surface area contributed by atoms with Crippen LogP contribution in [0.3, 0.4) is 0 Å². The van der Waals surface area contributed by atoms with Crippen LogP contribution in [-0.4, -0.2) is 20.9 Å². The monoisotopic (exact) mass is 290 g/mol. The zero-order chi connectivity index (χ0) is 14.9. The number of ketones is 1. The molecule has 0 fully saturated rings. The van der Waals surface area contributed by atoms with Crippen molar-refractivity contribution in [2.75, 3.05) is 0 Å². The van der Waals surface area contributed by atoms with E-state index >= 15 is 0 Å². The smallest absolute Gasteiger partial charge is 0.327 e. The molecule has 1 aromatic carbocycles. The van der Waals surface area contributed by atoms with Gasteiger partial charge in [0, 0.05) is 17.0 Å². The maximum absolute atomic E-state index is 12.2. The van der Waals surface area contributed by atoms with Gasteiger partial charge in [0.2, 0.25) is 11.5 Å². The third-order valence-corrected chi connectivity index (χ3v) is 3.25. The van der Waals surface area contributed by atoms with Gasteiger partial charge in [-0.1, -0.05) is 0 Å². The van der Waals surface area contributed by atoms with E-state index in [-0.39, 0.29) is 11.1 Å². The van der Waals surface area contributed by atoms with E-state index in [1.165, 1.54) is 22.8 Å². The lowest BCUT2D eigenvalue weighted by Gasteiger charge is -2.06. The fourth-order valence-electron chi connectivity index (χ4n) is 1.68. The van der Waals surface area contributed by atoms with Crippen LogP contribution in [0.4, 0.5) is 5.69 Å². The standard InChI is InChI=1S/C12H6N2O5S/c13-4-7-3-8(15)12(17)10(14(18)19)9(7)11(16)6-1-2-20-5-6/h1-3,5,15,17H. The summed E-state index contributed by atoms with van der Waals surface area (Å²) in [5, 5.41) is 42.0. The number of nitro benzene ring substituents is 1. The molecule has 0 saturated carbocycles. The van der Waals surface area contributed by atoms with Crippen molar-refractivity contribution in [2.45, 2.75) is 0 Å². The third kappa shape index (κ3) is 2.06. The predicted octanol–water partition coefficient (Wildman–Crippen LogP) is 2.17.